The van der Waals surface area contributed by atoms with Crippen LogP contribution in [0.3, 0.4) is 0 Å². The summed E-state index contributed by atoms with van der Waals surface area (Å²) in [6.45, 7) is 7.48. The van der Waals surface area contributed by atoms with E-state index in [2.05, 4.69) is 26.8 Å². The van der Waals surface area contributed by atoms with Crippen LogP contribution in [0, 0.1) is 17.3 Å². The minimum atomic E-state index is -0.00329. The van der Waals surface area contributed by atoms with Crippen LogP contribution in [0.5, 0.6) is 0 Å². The zero-order valence-electron chi connectivity index (χ0n) is 9.29. The third kappa shape index (κ3) is 1.32. The zero-order chi connectivity index (χ0) is 10.3. The molecule has 0 radical (unpaired) electrons. The monoisotopic (exact) mass is 196 g/mol. The minimum absolute atomic E-state index is 0.00329. The van der Waals surface area contributed by atoms with Gasteiger partial charge in [-0.1, -0.05) is 18.6 Å². The topological polar surface area (TPSA) is 29.5 Å². The summed E-state index contributed by atoms with van der Waals surface area (Å²) in [6.07, 6.45) is 3.73. The summed E-state index contributed by atoms with van der Waals surface area (Å²) in [4.78, 5) is 0. The molecule has 0 unspecified atom stereocenters. The van der Waals surface area contributed by atoms with E-state index in [-0.39, 0.29) is 12.0 Å². The second-order valence-corrected chi connectivity index (χ2v) is 5.05. The molecule has 1 fully saturated rings. The lowest BCUT2D eigenvalue weighted by Gasteiger charge is -2.49. The molecule has 2 aliphatic rings. The van der Waals surface area contributed by atoms with Crippen LogP contribution in [0.15, 0.2) is 11.6 Å². The van der Waals surface area contributed by atoms with Crippen molar-refractivity contribution in [2.24, 2.45) is 17.3 Å². The van der Waals surface area contributed by atoms with E-state index in [0.29, 0.717) is 24.5 Å². The summed E-state index contributed by atoms with van der Waals surface area (Å²) >= 11 is 0. The number of aliphatic hydroxyl groups is 1. The van der Waals surface area contributed by atoms with Crippen molar-refractivity contribution in [1.29, 1.82) is 0 Å². The normalized spacial score (nSPS) is 47.4. The molecular formula is C12H20O2. The molecule has 1 heterocycles. The van der Waals surface area contributed by atoms with Crippen LogP contribution < -0.4 is 0 Å². The molecule has 0 aromatic carbocycles. The molecule has 2 rings (SSSR count). The molecule has 0 saturated carbocycles. The molecule has 1 aliphatic heterocycles. The molecular weight excluding hydrogens is 176 g/mol. The lowest BCUT2D eigenvalue weighted by Crippen LogP contribution is -2.49. The van der Waals surface area contributed by atoms with E-state index in [9.17, 15) is 5.11 Å². The SMILES string of the molecule is CC1=C[C@@H](C)[C@@]2(CO)CO[C@@H](C)[C@H]1C2. The Morgan fingerprint density at radius 2 is 2.29 bits per heavy atom. The highest BCUT2D eigenvalue weighted by Gasteiger charge is 2.46. The van der Waals surface area contributed by atoms with Crippen LogP contribution in [0.4, 0.5) is 0 Å². The van der Waals surface area contributed by atoms with Gasteiger partial charge in [0.1, 0.15) is 0 Å². The van der Waals surface area contributed by atoms with Crippen molar-refractivity contribution in [2.75, 3.05) is 13.2 Å². The maximum absolute atomic E-state index is 9.53. The van der Waals surface area contributed by atoms with E-state index < -0.39 is 0 Å². The average Bonchev–Trinajstić information content (AvgIpc) is 2.17. The fourth-order valence-electron chi connectivity index (χ4n) is 2.87. The Morgan fingerprint density at radius 1 is 1.57 bits per heavy atom. The molecule has 0 spiro atoms. The number of allylic oxidation sites excluding steroid dienone is 1. The number of ether oxygens (including phenoxy) is 1. The van der Waals surface area contributed by atoms with Crippen LogP contribution in [0.1, 0.15) is 27.2 Å². The van der Waals surface area contributed by atoms with Crippen molar-refractivity contribution < 1.29 is 9.84 Å². The van der Waals surface area contributed by atoms with Crippen molar-refractivity contribution in [3.63, 3.8) is 0 Å². The highest BCUT2D eigenvalue weighted by Crippen LogP contribution is 2.47. The standard InChI is InChI=1S/C12H20O2/c1-8-4-9(2)12(6-13)5-11(8)10(3)14-7-12/h4,9-11,13H,5-7H2,1-3H3/t9-,10+,11+,12+/m1/s1. The van der Waals surface area contributed by atoms with E-state index in [4.69, 9.17) is 4.74 Å². The maximum atomic E-state index is 9.53. The van der Waals surface area contributed by atoms with Gasteiger partial charge >= 0.3 is 0 Å². The molecule has 0 amide bonds. The van der Waals surface area contributed by atoms with Gasteiger partial charge in [0.25, 0.3) is 0 Å². The highest BCUT2D eigenvalue weighted by molar-refractivity contribution is 5.17. The van der Waals surface area contributed by atoms with Gasteiger partial charge in [0.05, 0.1) is 19.3 Å². The molecule has 2 bridgehead atoms. The molecule has 4 atom stereocenters. The number of fused-ring (bicyclic) bond motifs is 2. The molecule has 1 saturated heterocycles. The molecule has 1 N–H and O–H groups in total. The lowest BCUT2D eigenvalue weighted by atomic mass is 9.63. The summed E-state index contributed by atoms with van der Waals surface area (Å²) in [5.41, 5.74) is 1.44. The second-order valence-electron chi connectivity index (χ2n) is 5.05. The van der Waals surface area contributed by atoms with Gasteiger partial charge in [-0.05, 0) is 26.2 Å². The van der Waals surface area contributed by atoms with Gasteiger partial charge in [0, 0.05) is 11.3 Å². The quantitative estimate of drug-likeness (QED) is 0.650. The fraction of sp³-hybridized carbons (Fsp3) is 0.833. The third-order valence-corrected chi connectivity index (χ3v) is 4.21. The minimum Gasteiger partial charge on any atom is -0.396 e. The fourth-order valence-corrected chi connectivity index (χ4v) is 2.87. The largest absolute Gasteiger partial charge is 0.396 e. The van der Waals surface area contributed by atoms with Gasteiger partial charge in [0.15, 0.2) is 0 Å². The van der Waals surface area contributed by atoms with Crippen molar-refractivity contribution in [3.05, 3.63) is 11.6 Å². The molecule has 2 heteroatoms. The van der Waals surface area contributed by atoms with Crippen LogP contribution in [-0.2, 0) is 4.74 Å². The van der Waals surface area contributed by atoms with Crippen molar-refractivity contribution >= 4 is 0 Å². The summed E-state index contributed by atoms with van der Waals surface area (Å²) in [5, 5.41) is 9.53. The van der Waals surface area contributed by atoms with Gasteiger partial charge < -0.3 is 9.84 Å². The van der Waals surface area contributed by atoms with Crippen LogP contribution in [0.2, 0.25) is 0 Å². The Labute approximate surface area is 86.0 Å². The number of hydrogen-bond acceptors (Lipinski definition) is 2. The van der Waals surface area contributed by atoms with E-state index in [1.165, 1.54) is 5.57 Å². The Kier molecular flexibility index (Phi) is 2.44. The van der Waals surface area contributed by atoms with E-state index in [1.54, 1.807) is 0 Å². The summed E-state index contributed by atoms with van der Waals surface area (Å²) in [7, 11) is 0. The summed E-state index contributed by atoms with van der Waals surface area (Å²) in [5.74, 6) is 0.961. The Balaban J connectivity index is 2.33. The number of aliphatic hydroxyl groups excluding tert-OH is 1. The molecule has 0 aromatic rings. The van der Waals surface area contributed by atoms with Crippen molar-refractivity contribution in [1.82, 2.24) is 0 Å². The predicted molar refractivity (Wildman–Crippen MR) is 56.0 cm³/mol. The van der Waals surface area contributed by atoms with E-state index in [1.807, 2.05) is 0 Å². The highest BCUT2D eigenvalue weighted by atomic mass is 16.5. The Morgan fingerprint density at radius 3 is 2.93 bits per heavy atom. The van der Waals surface area contributed by atoms with Gasteiger partial charge in [-0.2, -0.15) is 0 Å². The van der Waals surface area contributed by atoms with Gasteiger partial charge in [0.2, 0.25) is 0 Å². The molecule has 80 valence electrons. The molecule has 2 nitrogen and oxygen atoms in total. The smallest absolute Gasteiger partial charge is 0.0612 e. The first-order valence-electron chi connectivity index (χ1n) is 5.50. The first-order chi connectivity index (χ1) is 6.59. The van der Waals surface area contributed by atoms with Crippen LogP contribution in [0.25, 0.3) is 0 Å². The lowest BCUT2D eigenvalue weighted by molar-refractivity contribution is -0.121. The maximum Gasteiger partial charge on any atom is 0.0612 e. The van der Waals surface area contributed by atoms with Crippen LogP contribution in [-0.4, -0.2) is 24.4 Å². The Hall–Kier alpha value is -0.340. The van der Waals surface area contributed by atoms with E-state index in [0.717, 1.165) is 6.42 Å². The van der Waals surface area contributed by atoms with Gasteiger partial charge in [-0.25, -0.2) is 0 Å². The summed E-state index contributed by atoms with van der Waals surface area (Å²) in [6, 6.07) is 0. The zero-order valence-corrected chi connectivity index (χ0v) is 9.29. The van der Waals surface area contributed by atoms with Gasteiger partial charge in [-0.3, -0.25) is 0 Å². The van der Waals surface area contributed by atoms with Crippen molar-refractivity contribution in [3.8, 4) is 0 Å². The predicted octanol–water partition coefficient (Wildman–Crippen LogP) is 1.99. The third-order valence-electron chi connectivity index (χ3n) is 4.21. The number of hydrogen-bond donors (Lipinski definition) is 1. The first-order valence-corrected chi connectivity index (χ1v) is 5.50. The van der Waals surface area contributed by atoms with Crippen LogP contribution >= 0.6 is 0 Å². The van der Waals surface area contributed by atoms with Crippen molar-refractivity contribution in [2.45, 2.75) is 33.3 Å². The van der Waals surface area contributed by atoms with Gasteiger partial charge in [-0.15, -0.1) is 0 Å². The molecule has 0 aromatic heterocycles. The molecule has 1 aliphatic carbocycles. The second kappa shape index (κ2) is 3.35. The summed E-state index contributed by atoms with van der Waals surface area (Å²) < 4.78 is 5.78. The Bertz CT molecular complexity index is 259. The average molecular weight is 196 g/mol. The number of rotatable bonds is 1. The first kappa shape index (κ1) is 10.2. The molecule has 14 heavy (non-hydrogen) atoms. The van der Waals surface area contributed by atoms with E-state index >= 15 is 0 Å².